The van der Waals surface area contributed by atoms with Gasteiger partial charge in [-0.05, 0) is 26.2 Å². The van der Waals surface area contributed by atoms with Gasteiger partial charge in [-0.15, -0.1) is 5.10 Å². The van der Waals surface area contributed by atoms with Gasteiger partial charge in [0.1, 0.15) is 0 Å². The molecule has 0 aliphatic heterocycles. The molecule has 0 radical (unpaired) electrons. The molecule has 1 aromatic heterocycles. The maximum Gasteiger partial charge on any atom is 0.305 e. The van der Waals surface area contributed by atoms with Gasteiger partial charge in [-0.2, -0.15) is 5.10 Å². The Kier molecular flexibility index (Phi) is 6.78. The minimum Gasteiger partial charge on any atom is -0.466 e. The molecule has 0 atom stereocenters. The first kappa shape index (κ1) is 15.3. The van der Waals surface area contributed by atoms with E-state index < -0.39 is 0 Å². The number of carbonyl (C=O) groups is 1. The first-order valence-electron chi connectivity index (χ1n) is 6.83. The van der Waals surface area contributed by atoms with Gasteiger partial charge in [-0.1, -0.05) is 13.8 Å². The maximum atomic E-state index is 11.1. The molecule has 0 aromatic carbocycles. The molecule has 0 aliphatic rings. The Labute approximate surface area is 114 Å². The summed E-state index contributed by atoms with van der Waals surface area (Å²) < 4.78 is 4.85. The first-order chi connectivity index (χ1) is 9.21. The average molecular weight is 266 g/mol. The summed E-state index contributed by atoms with van der Waals surface area (Å²) in [6.45, 7) is 6.95. The second-order valence-electron chi connectivity index (χ2n) is 4.07. The maximum absolute atomic E-state index is 11.1. The number of carbonyl (C=O) groups excluding carboxylic acids is 1. The molecular formula is C13H22N4O2. The molecule has 1 aromatic rings. The van der Waals surface area contributed by atoms with Gasteiger partial charge < -0.3 is 10.1 Å². The van der Waals surface area contributed by atoms with Crippen molar-refractivity contribution in [2.45, 2.75) is 46.5 Å². The molecule has 1 heterocycles. The van der Waals surface area contributed by atoms with Gasteiger partial charge in [0.25, 0.3) is 0 Å². The fourth-order valence-electron chi connectivity index (χ4n) is 1.68. The van der Waals surface area contributed by atoms with E-state index >= 15 is 0 Å². The van der Waals surface area contributed by atoms with E-state index in [2.05, 4.69) is 20.5 Å². The second kappa shape index (κ2) is 8.39. The Morgan fingerprint density at radius 3 is 2.53 bits per heavy atom. The van der Waals surface area contributed by atoms with Crippen LogP contribution in [0.3, 0.4) is 0 Å². The Bertz CT molecular complexity index is 410. The second-order valence-corrected chi connectivity index (χ2v) is 4.07. The minimum absolute atomic E-state index is 0.168. The third-order valence-electron chi connectivity index (χ3n) is 2.66. The van der Waals surface area contributed by atoms with Crippen molar-refractivity contribution in [1.82, 2.24) is 15.2 Å². The van der Waals surface area contributed by atoms with Gasteiger partial charge in [-0.3, -0.25) is 4.79 Å². The van der Waals surface area contributed by atoms with E-state index in [9.17, 15) is 4.79 Å². The molecule has 0 amide bonds. The highest BCUT2D eigenvalue weighted by Crippen LogP contribution is 2.06. The van der Waals surface area contributed by atoms with E-state index in [0.29, 0.717) is 31.9 Å². The molecule has 1 rings (SSSR count). The molecule has 0 aliphatic carbocycles. The van der Waals surface area contributed by atoms with Crippen molar-refractivity contribution in [1.29, 1.82) is 0 Å². The van der Waals surface area contributed by atoms with Gasteiger partial charge in [0.15, 0.2) is 0 Å². The molecule has 6 heteroatoms. The number of hydrogen-bond acceptors (Lipinski definition) is 6. The quantitative estimate of drug-likeness (QED) is 0.570. The van der Waals surface area contributed by atoms with Crippen molar-refractivity contribution < 1.29 is 9.53 Å². The van der Waals surface area contributed by atoms with Crippen LogP contribution in [0.4, 0.5) is 5.95 Å². The molecule has 6 nitrogen and oxygen atoms in total. The van der Waals surface area contributed by atoms with Gasteiger partial charge in [-0.25, -0.2) is 4.98 Å². The van der Waals surface area contributed by atoms with Crippen LogP contribution in [0.25, 0.3) is 0 Å². The summed E-state index contributed by atoms with van der Waals surface area (Å²) >= 11 is 0. The Morgan fingerprint density at radius 1 is 1.16 bits per heavy atom. The smallest absolute Gasteiger partial charge is 0.305 e. The highest BCUT2D eigenvalue weighted by atomic mass is 16.5. The van der Waals surface area contributed by atoms with E-state index in [1.807, 2.05) is 13.8 Å². The summed E-state index contributed by atoms with van der Waals surface area (Å²) in [5, 5.41) is 11.2. The lowest BCUT2D eigenvalue weighted by Crippen LogP contribution is -2.12. The van der Waals surface area contributed by atoms with Gasteiger partial charge in [0.05, 0.1) is 18.0 Å². The summed E-state index contributed by atoms with van der Waals surface area (Å²) in [7, 11) is 0. The summed E-state index contributed by atoms with van der Waals surface area (Å²) in [6.07, 6.45) is 2.78. The van der Waals surface area contributed by atoms with Crippen LogP contribution >= 0.6 is 0 Å². The third kappa shape index (κ3) is 5.19. The lowest BCUT2D eigenvalue weighted by Gasteiger charge is -2.07. The Hall–Kier alpha value is -1.72. The fraction of sp³-hybridized carbons (Fsp3) is 0.692. The molecule has 1 N–H and O–H groups in total. The van der Waals surface area contributed by atoms with Crippen LogP contribution in [0.2, 0.25) is 0 Å². The van der Waals surface area contributed by atoms with Crippen LogP contribution in [-0.4, -0.2) is 34.3 Å². The predicted octanol–water partition coefficient (Wildman–Crippen LogP) is 1.75. The van der Waals surface area contributed by atoms with Gasteiger partial charge in [0.2, 0.25) is 5.95 Å². The van der Waals surface area contributed by atoms with E-state index in [0.717, 1.165) is 24.2 Å². The number of aromatic nitrogens is 3. The Morgan fingerprint density at radius 2 is 1.89 bits per heavy atom. The summed E-state index contributed by atoms with van der Waals surface area (Å²) in [4.78, 5) is 15.6. The zero-order valence-electron chi connectivity index (χ0n) is 11.9. The fourth-order valence-corrected chi connectivity index (χ4v) is 1.68. The minimum atomic E-state index is -0.168. The van der Waals surface area contributed by atoms with Crippen molar-refractivity contribution in [2.24, 2.45) is 0 Å². The normalized spacial score (nSPS) is 10.3. The van der Waals surface area contributed by atoms with Gasteiger partial charge >= 0.3 is 5.97 Å². The number of anilines is 1. The number of nitrogens with one attached hydrogen (secondary N) is 1. The molecule has 0 saturated heterocycles. The number of hydrogen-bond donors (Lipinski definition) is 1. The molecular weight excluding hydrogens is 244 g/mol. The van der Waals surface area contributed by atoms with Crippen LogP contribution in [0, 0.1) is 0 Å². The van der Waals surface area contributed by atoms with E-state index in [4.69, 9.17) is 4.74 Å². The number of nitrogens with zero attached hydrogens (tertiary/aromatic N) is 3. The van der Waals surface area contributed by atoms with Crippen LogP contribution in [0.5, 0.6) is 0 Å². The first-order valence-corrected chi connectivity index (χ1v) is 6.83. The number of ether oxygens (including phenoxy) is 1. The van der Waals surface area contributed by atoms with E-state index in [-0.39, 0.29) is 5.97 Å². The van der Waals surface area contributed by atoms with E-state index in [1.165, 1.54) is 0 Å². The van der Waals surface area contributed by atoms with Crippen molar-refractivity contribution in [3.8, 4) is 0 Å². The molecule has 0 saturated carbocycles. The highest BCUT2D eigenvalue weighted by Gasteiger charge is 2.06. The Balaban J connectivity index is 2.39. The van der Waals surface area contributed by atoms with Crippen molar-refractivity contribution in [3.63, 3.8) is 0 Å². The zero-order valence-corrected chi connectivity index (χ0v) is 11.9. The third-order valence-corrected chi connectivity index (χ3v) is 2.66. The zero-order chi connectivity index (χ0) is 14.1. The van der Waals surface area contributed by atoms with Crippen LogP contribution in [-0.2, 0) is 22.4 Å². The van der Waals surface area contributed by atoms with Crippen LogP contribution in [0.15, 0.2) is 0 Å². The molecule has 106 valence electrons. The largest absolute Gasteiger partial charge is 0.466 e. The number of aryl methyl sites for hydroxylation is 2. The SMILES string of the molecule is CCOC(=O)CCCNc1nnc(CC)c(CC)n1. The molecule has 0 spiro atoms. The molecule has 0 bridgehead atoms. The summed E-state index contributed by atoms with van der Waals surface area (Å²) in [5.41, 5.74) is 1.92. The van der Waals surface area contributed by atoms with Crippen molar-refractivity contribution >= 4 is 11.9 Å². The predicted molar refractivity (Wildman–Crippen MR) is 72.9 cm³/mol. The van der Waals surface area contributed by atoms with Crippen LogP contribution in [0.1, 0.15) is 45.0 Å². The van der Waals surface area contributed by atoms with Crippen molar-refractivity contribution in [2.75, 3.05) is 18.5 Å². The summed E-state index contributed by atoms with van der Waals surface area (Å²) in [6, 6.07) is 0. The lowest BCUT2D eigenvalue weighted by atomic mass is 10.2. The number of esters is 1. The highest BCUT2D eigenvalue weighted by molar-refractivity contribution is 5.69. The lowest BCUT2D eigenvalue weighted by molar-refractivity contribution is -0.143. The van der Waals surface area contributed by atoms with Gasteiger partial charge in [0, 0.05) is 13.0 Å². The molecule has 19 heavy (non-hydrogen) atoms. The van der Waals surface area contributed by atoms with Crippen molar-refractivity contribution in [3.05, 3.63) is 11.4 Å². The van der Waals surface area contributed by atoms with Crippen LogP contribution < -0.4 is 5.32 Å². The monoisotopic (exact) mass is 266 g/mol. The average Bonchev–Trinajstić information content (AvgIpc) is 2.43. The molecule has 0 unspecified atom stereocenters. The molecule has 0 fully saturated rings. The number of rotatable bonds is 8. The summed E-state index contributed by atoms with van der Waals surface area (Å²) in [5.74, 6) is 0.358. The van der Waals surface area contributed by atoms with E-state index in [1.54, 1.807) is 6.92 Å². The topological polar surface area (TPSA) is 77.0 Å². The standard InChI is InChI=1S/C13H22N4O2/c1-4-10-11(5-2)16-17-13(15-10)14-9-7-8-12(18)19-6-3/h4-9H2,1-3H3,(H,14,15,17).